The Labute approximate surface area is 166 Å². The van der Waals surface area contributed by atoms with Gasteiger partial charge in [0.1, 0.15) is 11.6 Å². The van der Waals surface area contributed by atoms with Crippen LogP contribution in [0.4, 0.5) is 4.79 Å². The van der Waals surface area contributed by atoms with E-state index < -0.39 is 12.1 Å². The van der Waals surface area contributed by atoms with Gasteiger partial charge >= 0.3 is 12.1 Å². The van der Waals surface area contributed by atoms with Crippen LogP contribution in [-0.4, -0.2) is 46.1 Å². The number of hydrogen-bond donors (Lipinski definition) is 1. The molecule has 0 fully saturated rings. The third kappa shape index (κ3) is 4.34. The van der Waals surface area contributed by atoms with Crippen LogP contribution < -0.4 is 0 Å². The van der Waals surface area contributed by atoms with Gasteiger partial charge in [-0.05, 0) is 31.2 Å². The van der Waals surface area contributed by atoms with Crippen LogP contribution >= 0.6 is 11.3 Å². The first-order valence-electron chi connectivity index (χ1n) is 8.46. The third-order valence-electron chi connectivity index (χ3n) is 3.93. The molecule has 0 unspecified atom stereocenters. The minimum absolute atomic E-state index is 0.110. The fourth-order valence-corrected chi connectivity index (χ4v) is 3.46. The number of carbonyl (C=O) groups is 2. The summed E-state index contributed by atoms with van der Waals surface area (Å²) in [6.07, 6.45) is -0.417. The maximum Gasteiger partial charge on any atom is 0.409 e. The number of aryl methyl sites for hydroxylation is 1. The molecule has 1 amide bonds. The Morgan fingerprint density at radius 2 is 1.75 bits per heavy atom. The summed E-state index contributed by atoms with van der Waals surface area (Å²) < 4.78 is 5.18. The van der Waals surface area contributed by atoms with Crippen molar-refractivity contribution in [2.45, 2.75) is 13.5 Å². The number of carboxylic acids is 1. The Balaban J connectivity index is 1.84. The van der Waals surface area contributed by atoms with E-state index in [1.54, 1.807) is 38.4 Å². The molecule has 2 heterocycles. The van der Waals surface area contributed by atoms with Gasteiger partial charge in [-0.3, -0.25) is 0 Å². The van der Waals surface area contributed by atoms with Crippen LogP contribution in [0.2, 0.25) is 0 Å². The van der Waals surface area contributed by atoms with Crippen LogP contribution in [0.15, 0.2) is 42.5 Å². The van der Waals surface area contributed by atoms with Crippen molar-refractivity contribution in [3.63, 3.8) is 0 Å². The number of pyridine rings is 1. The number of benzene rings is 1. The summed E-state index contributed by atoms with van der Waals surface area (Å²) in [7, 11) is 3.25. The maximum absolute atomic E-state index is 11.6. The largest absolute Gasteiger partial charge is 0.478 e. The number of aromatic carboxylic acids is 1. The zero-order valence-electron chi connectivity index (χ0n) is 15.7. The molecule has 144 valence electrons. The molecular weight excluding hydrogens is 378 g/mol. The second-order valence-corrected chi connectivity index (χ2v) is 7.35. The van der Waals surface area contributed by atoms with E-state index in [1.165, 1.54) is 16.2 Å². The molecule has 0 saturated heterocycles. The standard InChI is InChI=1S/C20H19N3O4S/c1-12-18(28-17(21-12)11-27-20(26)23(2)3)16-6-4-5-15(22-16)13-7-9-14(10-8-13)19(24)25/h4-10H,11H2,1-3H3,(H,24,25). The van der Waals surface area contributed by atoms with Crippen molar-refractivity contribution in [3.8, 4) is 21.8 Å². The summed E-state index contributed by atoms with van der Waals surface area (Å²) in [6.45, 7) is 2.00. The van der Waals surface area contributed by atoms with Gasteiger partial charge in [0.25, 0.3) is 0 Å². The molecule has 0 atom stereocenters. The number of aromatic nitrogens is 2. The Morgan fingerprint density at radius 1 is 1.07 bits per heavy atom. The fourth-order valence-electron chi connectivity index (χ4n) is 2.51. The second-order valence-electron chi connectivity index (χ2n) is 6.26. The number of ether oxygens (including phenoxy) is 1. The predicted octanol–water partition coefficient (Wildman–Crippen LogP) is 4.08. The molecule has 7 nitrogen and oxygen atoms in total. The lowest BCUT2D eigenvalue weighted by Crippen LogP contribution is -2.22. The molecule has 28 heavy (non-hydrogen) atoms. The van der Waals surface area contributed by atoms with Crippen LogP contribution in [0.3, 0.4) is 0 Å². The van der Waals surface area contributed by atoms with E-state index in [2.05, 4.69) is 4.98 Å². The average Bonchev–Trinajstić information content (AvgIpc) is 3.06. The molecule has 0 radical (unpaired) electrons. The average molecular weight is 397 g/mol. The van der Waals surface area contributed by atoms with E-state index in [-0.39, 0.29) is 12.2 Å². The molecular formula is C20H19N3O4S. The lowest BCUT2D eigenvalue weighted by molar-refractivity contribution is 0.0696. The summed E-state index contributed by atoms with van der Waals surface area (Å²) in [4.78, 5) is 34.0. The zero-order chi connectivity index (χ0) is 20.3. The first kappa shape index (κ1) is 19.5. The maximum atomic E-state index is 11.6. The summed E-state index contributed by atoms with van der Waals surface area (Å²) in [5.74, 6) is -0.962. The summed E-state index contributed by atoms with van der Waals surface area (Å²) in [5.41, 5.74) is 3.37. The molecule has 3 rings (SSSR count). The van der Waals surface area contributed by atoms with Gasteiger partial charge in [-0.25, -0.2) is 19.6 Å². The SMILES string of the molecule is Cc1nc(COC(=O)N(C)C)sc1-c1cccc(-c2ccc(C(=O)O)cc2)n1. The van der Waals surface area contributed by atoms with Crippen LogP contribution in [0, 0.1) is 6.92 Å². The van der Waals surface area contributed by atoms with Crippen molar-refractivity contribution in [2.24, 2.45) is 0 Å². The topological polar surface area (TPSA) is 92.6 Å². The molecule has 0 aliphatic rings. The van der Waals surface area contributed by atoms with Crippen LogP contribution in [0.1, 0.15) is 21.1 Å². The van der Waals surface area contributed by atoms with E-state index in [0.717, 1.165) is 27.5 Å². The number of hydrogen-bond acceptors (Lipinski definition) is 6. The molecule has 1 aromatic carbocycles. The first-order chi connectivity index (χ1) is 13.3. The summed E-state index contributed by atoms with van der Waals surface area (Å²) >= 11 is 1.43. The summed E-state index contributed by atoms with van der Waals surface area (Å²) in [5, 5.41) is 9.72. The molecule has 0 spiro atoms. The molecule has 0 aliphatic heterocycles. The molecule has 2 aromatic heterocycles. The predicted molar refractivity (Wildman–Crippen MR) is 106 cm³/mol. The van der Waals surface area contributed by atoms with E-state index in [1.807, 2.05) is 25.1 Å². The van der Waals surface area contributed by atoms with Crippen molar-refractivity contribution in [2.75, 3.05) is 14.1 Å². The van der Waals surface area contributed by atoms with Gasteiger partial charge in [0.05, 0.1) is 27.5 Å². The van der Waals surface area contributed by atoms with Crippen molar-refractivity contribution < 1.29 is 19.4 Å². The van der Waals surface area contributed by atoms with E-state index in [4.69, 9.17) is 14.8 Å². The Kier molecular flexibility index (Phi) is 5.70. The van der Waals surface area contributed by atoms with Crippen molar-refractivity contribution in [1.29, 1.82) is 0 Å². The Bertz CT molecular complexity index is 1010. The molecule has 0 aliphatic carbocycles. The van der Waals surface area contributed by atoms with Crippen LogP contribution in [-0.2, 0) is 11.3 Å². The van der Waals surface area contributed by atoms with Crippen molar-refractivity contribution >= 4 is 23.4 Å². The van der Waals surface area contributed by atoms with E-state index >= 15 is 0 Å². The molecule has 0 saturated carbocycles. The van der Waals surface area contributed by atoms with Gasteiger partial charge in [-0.1, -0.05) is 18.2 Å². The Morgan fingerprint density at radius 3 is 2.39 bits per heavy atom. The fraction of sp³-hybridized carbons (Fsp3) is 0.200. The minimum atomic E-state index is -0.962. The van der Waals surface area contributed by atoms with Gasteiger partial charge < -0.3 is 14.7 Å². The first-order valence-corrected chi connectivity index (χ1v) is 9.28. The van der Waals surface area contributed by atoms with E-state index in [0.29, 0.717) is 5.01 Å². The quantitative estimate of drug-likeness (QED) is 0.697. The normalized spacial score (nSPS) is 10.5. The number of carboxylic acid groups (broad SMARTS) is 1. The lowest BCUT2D eigenvalue weighted by Gasteiger charge is -2.09. The highest BCUT2D eigenvalue weighted by Crippen LogP contribution is 2.30. The van der Waals surface area contributed by atoms with Gasteiger partial charge in [-0.2, -0.15) is 0 Å². The second kappa shape index (κ2) is 8.18. The smallest absolute Gasteiger partial charge is 0.409 e. The summed E-state index contributed by atoms with van der Waals surface area (Å²) in [6, 6.07) is 12.2. The molecule has 0 bridgehead atoms. The molecule has 3 aromatic rings. The molecule has 1 N–H and O–H groups in total. The van der Waals surface area contributed by atoms with Crippen LogP contribution in [0.25, 0.3) is 21.8 Å². The number of thiazole rings is 1. The van der Waals surface area contributed by atoms with E-state index in [9.17, 15) is 9.59 Å². The number of nitrogens with zero attached hydrogens (tertiary/aromatic N) is 3. The van der Waals surface area contributed by atoms with Gasteiger partial charge in [-0.15, -0.1) is 11.3 Å². The van der Waals surface area contributed by atoms with Gasteiger partial charge in [0, 0.05) is 19.7 Å². The van der Waals surface area contributed by atoms with Crippen molar-refractivity contribution in [1.82, 2.24) is 14.9 Å². The van der Waals surface area contributed by atoms with Gasteiger partial charge in [0.15, 0.2) is 0 Å². The highest BCUT2D eigenvalue weighted by atomic mass is 32.1. The number of amides is 1. The molecule has 8 heteroatoms. The van der Waals surface area contributed by atoms with Crippen molar-refractivity contribution in [3.05, 3.63) is 58.7 Å². The number of rotatable bonds is 5. The lowest BCUT2D eigenvalue weighted by atomic mass is 10.1. The van der Waals surface area contributed by atoms with Crippen LogP contribution in [0.5, 0.6) is 0 Å². The zero-order valence-corrected chi connectivity index (χ0v) is 16.5. The number of carbonyl (C=O) groups excluding carboxylic acids is 1. The third-order valence-corrected chi connectivity index (χ3v) is 5.09. The highest BCUT2D eigenvalue weighted by Gasteiger charge is 2.14. The minimum Gasteiger partial charge on any atom is -0.478 e. The van der Waals surface area contributed by atoms with Gasteiger partial charge in [0.2, 0.25) is 0 Å². The highest BCUT2D eigenvalue weighted by molar-refractivity contribution is 7.15. The Hall–Kier alpha value is -3.26. The monoisotopic (exact) mass is 397 g/mol.